The number of nitrogens with one attached hydrogen (secondary N) is 1. The van der Waals surface area contributed by atoms with E-state index in [4.69, 9.17) is 4.52 Å². The maximum absolute atomic E-state index is 12.4. The first kappa shape index (κ1) is 18.8. The Morgan fingerprint density at radius 2 is 2.11 bits per heavy atom. The fraction of sp³-hybridized carbons (Fsp3) is 0.421. The molecule has 3 aromatic rings. The summed E-state index contributed by atoms with van der Waals surface area (Å²) in [5.41, 5.74) is 0.581. The van der Waals surface area contributed by atoms with Crippen molar-refractivity contribution in [3.63, 3.8) is 0 Å². The summed E-state index contributed by atoms with van der Waals surface area (Å²) in [4.78, 5) is 32.9. The molecule has 0 unspecified atom stereocenters. The smallest absolute Gasteiger partial charge is 0.261 e. The van der Waals surface area contributed by atoms with Gasteiger partial charge in [0, 0.05) is 19.4 Å². The molecule has 1 amide bonds. The summed E-state index contributed by atoms with van der Waals surface area (Å²) in [6.45, 7) is 4.80. The van der Waals surface area contributed by atoms with E-state index in [0.717, 1.165) is 6.42 Å². The van der Waals surface area contributed by atoms with Crippen LogP contribution in [0.5, 0.6) is 0 Å². The third-order valence-corrected chi connectivity index (χ3v) is 4.07. The van der Waals surface area contributed by atoms with Gasteiger partial charge in [0.1, 0.15) is 0 Å². The zero-order valence-electron chi connectivity index (χ0n) is 15.5. The number of aromatic nitrogens is 4. The van der Waals surface area contributed by atoms with Gasteiger partial charge in [-0.25, -0.2) is 4.98 Å². The number of nitrogens with zero attached hydrogens (tertiary/aromatic N) is 4. The zero-order chi connectivity index (χ0) is 19.2. The molecule has 8 heteroatoms. The van der Waals surface area contributed by atoms with Gasteiger partial charge < -0.3 is 9.84 Å². The fourth-order valence-electron chi connectivity index (χ4n) is 2.75. The number of amides is 1. The van der Waals surface area contributed by atoms with Crippen LogP contribution < -0.4 is 10.9 Å². The third kappa shape index (κ3) is 4.99. The molecule has 1 aromatic carbocycles. The van der Waals surface area contributed by atoms with Crippen LogP contribution in [0, 0.1) is 5.92 Å². The van der Waals surface area contributed by atoms with E-state index in [2.05, 4.69) is 34.3 Å². The van der Waals surface area contributed by atoms with E-state index < -0.39 is 0 Å². The molecule has 0 aliphatic heterocycles. The summed E-state index contributed by atoms with van der Waals surface area (Å²) in [6.07, 6.45) is 3.10. The Kier molecular flexibility index (Phi) is 5.95. The Labute approximate surface area is 156 Å². The van der Waals surface area contributed by atoms with E-state index in [-0.39, 0.29) is 18.0 Å². The van der Waals surface area contributed by atoms with Crippen LogP contribution in [-0.4, -0.2) is 25.6 Å². The van der Waals surface area contributed by atoms with Crippen molar-refractivity contribution in [2.24, 2.45) is 5.92 Å². The van der Waals surface area contributed by atoms with Gasteiger partial charge in [0.25, 0.3) is 5.56 Å². The Bertz CT molecular complexity index is 977. The summed E-state index contributed by atoms with van der Waals surface area (Å²) >= 11 is 0. The molecule has 0 saturated heterocycles. The van der Waals surface area contributed by atoms with Crippen LogP contribution in [0.3, 0.4) is 0 Å². The highest BCUT2D eigenvalue weighted by Gasteiger charge is 2.10. The number of carbonyl (C=O) groups excluding carboxylic acids is 1. The van der Waals surface area contributed by atoms with Crippen molar-refractivity contribution in [1.29, 1.82) is 0 Å². The summed E-state index contributed by atoms with van der Waals surface area (Å²) < 4.78 is 6.65. The van der Waals surface area contributed by atoms with Gasteiger partial charge in [-0.1, -0.05) is 31.1 Å². The molecule has 1 N–H and O–H groups in total. The predicted molar refractivity (Wildman–Crippen MR) is 99.9 cm³/mol. The van der Waals surface area contributed by atoms with Crippen molar-refractivity contribution in [3.8, 4) is 0 Å². The van der Waals surface area contributed by atoms with Gasteiger partial charge >= 0.3 is 0 Å². The van der Waals surface area contributed by atoms with Crippen molar-refractivity contribution in [2.45, 2.75) is 46.2 Å². The first-order valence-electron chi connectivity index (χ1n) is 9.05. The van der Waals surface area contributed by atoms with Crippen LogP contribution in [-0.2, 0) is 24.3 Å². The van der Waals surface area contributed by atoms with Gasteiger partial charge in [0.2, 0.25) is 11.8 Å². The number of benzene rings is 1. The lowest BCUT2D eigenvalue weighted by molar-refractivity contribution is -0.121. The molecule has 0 saturated carbocycles. The molecule has 142 valence electrons. The molecule has 0 atom stereocenters. The van der Waals surface area contributed by atoms with Crippen LogP contribution >= 0.6 is 0 Å². The molecule has 2 aromatic heterocycles. The Hall–Kier alpha value is -3.03. The Morgan fingerprint density at radius 1 is 1.30 bits per heavy atom. The molecule has 0 aliphatic rings. The second-order valence-corrected chi connectivity index (χ2v) is 6.84. The van der Waals surface area contributed by atoms with E-state index in [1.165, 1.54) is 10.9 Å². The largest absolute Gasteiger partial charge is 0.347 e. The number of rotatable bonds is 8. The first-order chi connectivity index (χ1) is 13.0. The number of hydrogen-bond acceptors (Lipinski definition) is 6. The van der Waals surface area contributed by atoms with Crippen molar-refractivity contribution in [2.75, 3.05) is 0 Å². The molecule has 2 heterocycles. The number of hydrogen-bond donors (Lipinski definition) is 1. The number of fused-ring (bicyclic) bond motifs is 1. The predicted octanol–water partition coefficient (Wildman–Crippen LogP) is 2.07. The van der Waals surface area contributed by atoms with Gasteiger partial charge in [-0.05, 0) is 24.5 Å². The van der Waals surface area contributed by atoms with Gasteiger partial charge in [-0.15, -0.1) is 0 Å². The Morgan fingerprint density at radius 3 is 2.93 bits per heavy atom. The van der Waals surface area contributed by atoms with E-state index in [0.29, 0.717) is 47.9 Å². The SMILES string of the molecule is CC(C)Cc1noc(CNC(=O)CCCn2cnc3ccccc3c2=O)n1. The molecular weight excluding hydrogens is 346 g/mol. The molecular formula is C19H23N5O3. The highest BCUT2D eigenvalue weighted by molar-refractivity contribution is 5.77. The molecule has 0 radical (unpaired) electrons. The standard InChI is InChI=1S/C19H23N5O3/c1-13(2)10-16-22-18(27-23-16)11-20-17(25)8-5-9-24-12-21-15-7-4-3-6-14(15)19(24)26/h3-4,6-7,12-13H,5,8-11H2,1-2H3,(H,20,25). The summed E-state index contributed by atoms with van der Waals surface area (Å²) in [5.74, 6) is 1.37. The van der Waals surface area contributed by atoms with Gasteiger partial charge in [-0.2, -0.15) is 4.98 Å². The summed E-state index contributed by atoms with van der Waals surface area (Å²) in [7, 11) is 0. The quantitative estimate of drug-likeness (QED) is 0.652. The fourth-order valence-corrected chi connectivity index (χ4v) is 2.75. The van der Waals surface area contributed by atoms with Gasteiger partial charge in [-0.3, -0.25) is 14.2 Å². The molecule has 8 nitrogen and oxygen atoms in total. The van der Waals surface area contributed by atoms with E-state index in [9.17, 15) is 9.59 Å². The minimum atomic E-state index is -0.125. The average Bonchev–Trinajstić information content (AvgIpc) is 3.09. The van der Waals surface area contributed by atoms with E-state index in [1.54, 1.807) is 12.1 Å². The van der Waals surface area contributed by atoms with E-state index >= 15 is 0 Å². The average molecular weight is 369 g/mol. The highest BCUT2D eigenvalue weighted by atomic mass is 16.5. The molecule has 27 heavy (non-hydrogen) atoms. The third-order valence-electron chi connectivity index (χ3n) is 4.07. The van der Waals surface area contributed by atoms with Crippen LogP contribution in [0.4, 0.5) is 0 Å². The topological polar surface area (TPSA) is 103 Å². The summed E-state index contributed by atoms with van der Waals surface area (Å²) in [5, 5.41) is 7.23. The van der Waals surface area contributed by atoms with E-state index in [1.807, 2.05) is 12.1 Å². The highest BCUT2D eigenvalue weighted by Crippen LogP contribution is 2.06. The van der Waals surface area contributed by atoms with Crippen molar-refractivity contribution in [3.05, 3.63) is 52.7 Å². The van der Waals surface area contributed by atoms with Crippen LogP contribution in [0.15, 0.2) is 39.9 Å². The van der Waals surface area contributed by atoms with Crippen LogP contribution in [0.25, 0.3) is 10.9 Å². The number of para-hydroxylation sites is 1. The number of aryl methyl sites for hydroxylation is 1. The van der Waals surface area contributed by atoms with Crippen LogP contribution in [0.1, 0.15) is 38.4 Å². The molecule has 0 aliphatic carbocycles. The minimum Gasteiger partial charge on any atom is -0.347 e. The first-order valence-corrected chi connectivity index (χ1v) is 9.05. The lowest BCUT2D eigenvalue weighted by Crippen LogP contribution is -2.25. The molecule has 0 fully saturated rings. The van der Waals surface area contributed by atoms with Crippen molar-refractivity contribution < 1.29 is 9.32 Å². The molecule has 0 spiro atoms. The monoisotopic (exact) mass is 369 g/mol. The second kappa shape index (κ2) is 8.57. The van der Waals surface area contributed by atoms with Crippen molar-refractivity contribution >= 4 is 16.8 Å². The maximum atomic E-state index is 12.4. The number of carbonyl (C=O) groups is 1. The lowest BCUT2D eigenvalue weighted by Gasteiger charge is -2.06. The molecule has 0 bridgehead atoms. The summed E-state index contributed by atoms with van der Waals surface area (Å²) in [6, 6.07) is 7.22. The normalized spacial score (nSPS) is 11.2. The van der Waals surface area contributed by atoms with Crippen molar-refractivity contribution in [1.82, 2.24) is 25.0 Å². The molecule has 3 rings (SSSR count). The van der Waals surface area contributed by atoms with Gasteiger partial charge in [0.05, 0.1) is 23.8 Å². The Balaban J connectivity index is 1.46. The zero-order valence-corrected chi connectivity index (χ0v) is 15.5. The minimum absolute atomic E-state index is 0.0930. The maximum Gasteiger partial charge on any atom is 0.261 e. The van der Waals surface area contributed by atoms with Gasteiger partial charge in [0.15, 0.2) is 5.82 Å². The lowest BCUT2D eigenvalue weighted by atomic mass is 10.1. The van der Waals surface area contributed by atoms with Crippen LogP contribution in [0.2, 0.25) is 0 Å². The second-order valence-electron chi connectivity index (χ2n) is 6.84.